The minimum Gasteiger partial charge on any atom is -0.446 e. The average molecular weight is 492 g/mol. The molecule has 1 aliphatic heterocycles. The number of aliphatic hydroxyl groups is 1. The molecule has 0 aliphatic carbocycles. The molecule has 0 unspecified atom stereocenters. The van der Waals surface area contributed by atoms with E-state index in [1.54, 1.807) is 0 Å². The number of alkyl halides is 3. The van der Waals surface area contributed by atoms with Gasteiger partial charge >= 0.3 is 23.4 Å². The van der Waals surface area contributed by atoms with Crippen LogP contribution in [0.15, 0.2) is 30.5 Å². The standard InChI is InChI=1S/C19H21ClF3N5O5/c1-18(30,11-27-10-15(28(31)32)24-16(27)20)12-33-17(29)26-8-6-25(7-9-26)14-4-2-13(3-5-14)19(21,22)23/h2-5,10,30H,6-9,11-12H2,1H3/t18-/m1/s1. The fraction of sp³-hybridized carbons (Fsp3) is 0.474. The van der Waals surface area contributed by atoms with Crippen LogP contribution in [0.25, 0.3) is 0 Å². The SMILES string of the molecule is C[C@](O)(COC(=O)N1CCN(c2ccc(C(F)(F)F)cc2)CC1)Cn1cc([N+](=O)[O-])nc1Cl. The zero-order chi connectivity index (χ0) is 24.4. The highest BCUT2D eigenvalue weighted by Crippen LogP contribution is 2.30. The summed E-state index contributed by atoms with van der Waals surface area (Å²) in [5.74, 6) is -0.473. The molecule has 33 heavy (non-hydrogen) atoms. The Morgan fingerprint density at radius 1 is 1.24 bits per heavy atom. The number of halogens is 4. The van der Waals surface area contributed by atoms with E-state index in [1.807, 2.05) is 4.90 Å². The molecule has 1 aromatic heterocycles. The Hall–Kier alpha value is -3.06. The Kier molecular flexibility index (Phi) is 7.03. The summed E-state index contributed by atoms with van der Waals surface area (Å²) < 4.78 is 44.5. The summed E-state index contributed by atoms with van der Waals surface area (Å²) in [5, 5.41) is 21.1. The van der Waals surface area contributed by atoms with E-state index in [1.165, 1.54) is 28.5 Å². The van der Waals surface area contributed by atoms with Crippen LogP contribution in [-0.2, 0) is 17.5 Å². The number of amides is 1. The minimum absolute atomic E-state index is 0.187. The van der Waals surface area contributed by atoms with Crippen molar-refractivity contribution in [2.45, 2.75) is 25.2 Å². The molecule has 1 amide bonds. The lowest BCUT2D eigenvalue weighted by molar-refractivity contribution is -0.389. The van der Waals surface area contributed by atoms with Gasteiger partial charge in [0.25, 0.3) is 0 Å². The number of carbonyl (C=O) groups excluding carboxylic acids is 1. The van der Waals surface area contributed by atoms with Crippen LogP contribution in [0, 0.1) is 10.1 Å². The molecule has 1 N–H and O–H groups in total. The van der Waals surface area contributed by atoms with Crippen LogP contribution in [0.1, 0.15) is 12.5 Å². The van der Waals surface area contributed by atoms with Gasteiger partial charge in [0.15, 0.2) is 0 Å². The van der Waals surface area contributed by atoms with Crippen LogP contribution in [0.2, 0.25) is 5.28 Å². The number of aromatic nitrogens is 2. The number of nitro groups is 1. The lowest BCUT2D eigenvalue weighted by atomic mass is 10.1. The van der Waals surface area contributed by atoms with Crippen LogP contribution in [0.3, 0.4) is 0 Å². The third kappa shape index (κ3) is 6.26. The maximum Gasteiger partial charge on any atom is 0.416 e. The Bertz CT molecular complexity index is 1000. The molecule has 0 spiro atoms. The van der Waals surface area contributed by atoms with Crippen LogP contribution >= 0.6 is 11.6 Å². The van der Waals surface area contributed by atoms with E-state index in [-0.39, 0.29) is 24.9 Å². The van der Waals surface area contributed by atoms with Gasteiger partial charge in [0.2, 0.25) is 0 Å². The average Bonchev–Trinajstić information content (AvgIpc) is 3.11. The fourth-order valence-corrected chi connectivity index (χ4v) is 3.50. The molecular formula is C19H21ClF3N5O5. The maximum atomic E-state index is 12.7. The van der Waals surface area contributed by atoms with Crippen molar-refractivity contribution in [3.05, 3.63) is 51.4 Å². The van der Waals surface area contributed by atoms with Gasteiger partial charge in [-0.05, 0) is 52.7 Å². The zero-order valence-electron chi connectivity index (χ0n) is 17.5. The van der Waals surface area contributed by atoms with Crippen molar-refractivity contribution in [1.29, 1.82) is 0 Å². The first-order valence-corrected chi connectivity index (χ1v) is 10.2. The molecule has 180 valence electrons. The third-order valence-electron chi connectivity index (χ3n) is 5.02. The normalized spacial score (nSPS) is 16.4. The lowest BCUT2D eigenvalue weighted by Gasteiger charge is -2.36. The molecule has 2 aromatic rings. The predicted molar refractivity (Wildman–Crippen MR) is 111 cm³/mol. The van der Waals surface area contributed by atoms with E-state index in [9.17, 15) is 33.2 Å². The second-order valence-electron chi connectivity index (χ2n) is 7.82. The van der Waals surface area contributed by atoms with E-state index in [4.69, 9.17) is 16.3 Å². The molecule has 10 nitrogen and oxygen atoms in total. The van der Waals surface area contributed by atoms with Crippen molar-refractivity contribution in [1.82, 2.24) is 14.5 Å². The summed E-state index contributed by atoms with van der Waals surface area (Å²) in [6.07, 6.45) is -4.00. The summed E-state index contributed by atoms with van der Waals surface area (Å²) in [6.45, 7) is 2.14. The number of nitrogens with zero attached hydrogens (tertiary/aromatic N) is 5. The lowest BCUT2D eigenvalue weighted by Crippen LogP contribution is -2.50. The molecule has 2 heterocycles. The van der Waals surface area contributed by atoms with E-state index in [0.29, 0.717) is 18.8 Å². The Labute approximate surface area is 191 Å². The summed E-state index contributed by atoms with van der Waals surface area (Å²) in [5.41, 5.74) is -1.69. The number of benzene rings is 1. The van der Waals surface area contributed by atoms with Gasteiger partial charge in [0.1, 0.15) is 18.4 Å². The summed E-state index contributed by atoms with van der Waals surface area (Å²) >= 11 is 5.83. The van der Waals surface area contributed by atoms with Gasteiger partial charge in [-0.1, -0.05) is 0 Å². The molecule has 1 saturated heterocycles. The maximum absolute atomic E-state index is 12.7. The van der Waals surface area contributed by atoms with Gasteiger partial charge in [-0.2, -0.15) is 13.2 Å². The van der Waals surface area contributed by atoms with Crippen molar-refractivity contribution in [2.24, 2.45) is 0 Å². The van der Waals surface area contributed by atoms with Crippen LogP contribution in [0.5, 0.6) is 0 Å². The predicted octanol–water partition coefficient (Wildman–Crippen LogP) is 3.17. The zero-order valence-corrected chi connectivity index (χ0v) is 18.2. The van der Waals surface area contributed by atoms with Crippen molar-refractivity contribution >= 4 is 29.2 Å². The van der Waals surface area contributed by atoms with Gasteiger partial charge in [-0.15, -0.1) is 0 Å². The first-order chi connectivity index (χ1) is 15.4. The number of hydrogen-bond acceptors (Lipinski definition) is 7. The molecule has 1 aromatic carbocycles. The first-order valence-electron chi connectivity index (χ1n) is 9.79. The first kappa shape index (κ1) is 24.6. The number of hydrogen-bond donors (Lipinski definition) is 1. The molecule has 0 saturated carbocycles. The third-order valence-corrected chi connectivity index (χ3v) is 5.32. The Balaban J connectivity index is 1.49. The number of ether oxygens (including phenoxy) is 1. The van der Waals surface area contributed by atoms with E-state index in [2.05, 4.69) is 4.98 Å². The largest absolute Gasteiger partial charge is 0.446 e. The van der Waals surface area contributed by atoms with Gasteiger partial charge in [-0.25, -0.2) is 4.79 Å². The van der Waals surface area contributed by atoms with Gasteiger partial charge < -0.3 is 29.8 Å². The molecule has 1 atom stereocenters. The quantitative estimate of drug-likeness (QED) is 0.487. The molecule has 3 rings (SSSR count). The number of rotatable bonds is 6. The van der Waals surface area contributed by atoms with Gasteiger partial charge in [0.05, 0.1) is 12.1 Å². The van der Waals surface area contributed by atoms with E-state index in [0.717, 1.165) is 18.3 Å². The van der Waals surface area contributed by atoms with Crippen molar-refractivity contribution < 1.29 is 32.7 Å². The number of piperazine rings is 1. The Morgan fingerprint density at radius 3 is 2.36 bits per heavy atom. The molecule has 1 aliphatic rings. The van der Waals surface area contributed by atoms with Crippen LogP contribution in [-0.4, -0.2) is 69.0 Å². The molecular weight excluding hydrogens is 471 g/mol. The monoisotopic (exact) mass is 491 g/mol. The number of imidazole rings is 1. The van der Waals surface area contributed by atoms with Crippen molar-refractivity contribution in [3.63, 3.8) is 0 Å². The van der Waals surface area contributed by atoms with Gasteiger partial charge in [-0.3, -0.25) is 4.57 Å². The van der Waals surface area contributed by atoms with Crippen molar-refractivity contribution in [2.75, 3.05) is 37.7 Å². The molecule has 0 bridgehead atoms. The summed E-state index contributed by atoms with van der Waals surface area (Å²) in [4.78, 5) is 29.3. The van der Waals surface area contributed by atoms with Crippen LogP contribution in [0.4, 0.5) is 29.5 Å². The highest BCUT2D eigenvalue weighted by Gasteiger charge is 2.31. The Morgan fingerprint density at radius 2 is 1.85 bits per heavy atom. The van der Waals surface area contributed by atoms with E-state index >= 15 is 0 Å². The fourth-order valence-electron chi connectivity index (χ4n) is 3.31. The highest BCUT2D eigenvalue weighted by atomic mass is 35.5. The molecule has 0 radical (unpaired) electrons. The van der Waals surface area contributed by atoms with Crippen LogP contribution < -0.4 is 4.90 Å². The van der Waals surface area contributed by atoms with Gasteiger partial charge in [0, 0.05) is 31.9 Å². The summed E-state index contributed by atoms with van der Waals surface area (Å²) in [6, 6.07) is 4.80. The topological polar surface area (TPSA) is 114 Å². The smallest absolute Gasteiger partial charge is 0.416 e. The second-order valence-corrected chi connectivity index (χ2v) is 8.16. The summed E-state index contributed by atoms with van der Waals surface area (Å²) in [7, 11) is 0. The second kappa shape index (κ2) is 9.43. The van der Waals surface area contributed by atoms with E-state index < -0.39 is 40.8 Å². The highest BCUT2D eigenvalue weighted by molar-refractivity contribution is 6.28. The molecule has 1 fully saturated rings. The molecule has 14 heteroatoms. The minimum atomic E-state index is -4.40. The number of carbonyl (C=O) groups is 1. The number of anilines is 1. The van der Waals surface area contributed by atoms with Crippen molar-refractivity contribution in [3.8, 4) is 0 Å².